The third-order valence-corrected chi connectivity index (χ3v) is 18.6. The van der Waals surface area contributed by atoms with Crippen LogP contribution in [-0.4, -0.2) is 3.21 Å². The smallest absolute Gasteiger partial charge is 1.00 e. The summed E-state index contributed by atoms with van der Waals surface area (Å²) in [6.07, 6.45) is 5.22. The van der Waals surface area contributed by atoms with Crippen LogP contribution in [0.2, 0.25) is 0 Å². The van der Waals surface area contributed by atoms with E-state index in [1.165, 1.54) is 50.1 Å². The zero-order chi connectivity index (χ0) is 32.3. The van der Waals surface area contributed by atoms with Crippen molar-refractivity contribution in [2.45, 2.75) is 83.7 Å². The monoisotopic (exact) mass is 738 g/mol. The molecule has 0 N–H and O–H groups in total. The van der Waals surface area contributed by atoms with Gasteiger partial charge in [-0.15, -0.1) is 0 Å². The number of rotatable bonds is 4. The van der Waals surface area contributed by atoms with Gasteiger partial charge in [-0.25, -0.2) is 0 Å². The fourth-order valence-corrected chi connectivity index (χ4v) is 16.7. The van der Waals surface area contributed by atoms with Crippen molar-refractivity contribution in [3.63, 3.8) is 0 Å². The Hall–Kier alpha value is -2.31. The van der Waals surface area contributed by atoms with E-state index in [0.29, 0.717) is 9.54 Å². The Balaban J connectivity index is 0.00000250. The molecule has 0 bridgehead atoms. The molecule has 0 saturated carbocycles. The average molecular weight is 741 g/mol. The molecule has 0 saturated heterocycles. The third-order valence-electron chi connectivity index (χ3n) is 9.88. The molecule has 2 aliphatic carbocycles. The average Bonchev–Trinajstić information content (AvgIpc) is 3.53. The first kappa shape index (κ1) is 37.5. The maximum atomic E-state index is 2.65. The Morgan fingerprint density at radius 2 is 0.936 bits per heavy atom. The van der Waals surface area contributed by atoms with Gasteiger partial charge in [-0.1, -0.05) is 0 Å². The van der Waals surface area contributed by atoms with Crippen molar-refractivity contribution < 1.29 is 46.1 Å². The minimum Gasteiger partial charge on any atom is -1.00 e. The Labute approximate surface area is 304 Å². The van der Waals surface area contributed by atoms with Gasteiger partial charge in [0, 0.05) is 0 Å². The quantitative estimate of drug-likeness (QED) is 0.250. The normalized spacial score (nSPS) is 15.7. The molecule has 47 heavy (non-hydrogen) atoms. The van der Waals surface area contributed by atoms with Gasteiger partial charge in [-0.3, -0.25) is 0 Å². The molecule has 0 fully saturated rings. The Morgan fingerprint density at radius 1 is 0.532 bits per heavy atom. The molecule has 0 heterocycles. The van der Waals surface area contributed by atoms with Crippen LogP contribution in [0.5, 0.6) is 0 Å². The van der Waals surface area contributed by atoms with Gasteiger partial charge < -0.3 is 24.8 Å². The van der Waals surface area contributed by atoms with Crippen molar-refractivity contribution in [1.82, 2.24) is 0 Å². The van der Waals surface area contributed by atoms with Crippen LogP contribution >= 0.6 is 0 Å². The SMILES string of the molecule is CC1C=C(C(C)(C)C)C=[C]1[Zr+2](=[C](c1ccc(C(C)(C)C)cc1)c1ccc(C(C)(C)C)cc1)[CH]1c2ccccc2-c2ccccc21.[Cl-].[Cl-]. The van der Waals surface area contributed by atoms with E-state index in [0.717, 1.165) is 0 Å². The molecule has 4 aromatic rings. The van der Waals surface area contributed by atoms with E-state index in [1.54, 1.807) is 6.49 Å². The molecule has 0 spiro atoms. The summed E-state index contributed by atoms with van der Waals surface area (Å²) < 4.78 is 3.76. The van der Waals surface area contributed by atoms with Crippen LogP contribution in [0.25, 0.3) is 11.1 Å². The number of hydrogen-bond donors (Lipinski definition) is 0. The van der Waals surface area contributed by atoms with Gasteiger partial charge in [0.1, 0.15) is 0 Å². The van der Waals surface area contributed by atoms with E-state index in [2.05, 4.69) is 178 Å². The van der Waals surface area contributed by atoms with Crippen molar-refractivity contribution in [2.75, 3.05) is 0 Å². The number of benzene rings is 4. The van der Waals surface area contributed by atoms with Crippen molar-refractivity contribution in [3.8, 4) is 11.1 Å². The van der Waals surface area contributed by atoms with Crippen LogP contribution in [0.15, 0.2) is 118 Å². The van der Waals surface area contributed by atoms with Gasteiger partial charge in [0.2, 0.25) is 0 Å². The molecule has 0 aromatic heterocycles. The minimum absolute atomic E-state index is 0. The molecule has 4 aromatic carbocycles. The summed E-state index contributed by atoms with van der Waals surface area (Å²) in [5.74, 6) is 0.436. The first-order chi connectivity index (χ1) is 21.1. The molecule has 0 radical (unpaired) electrons. The molecular weight excluding hydrogens is 691 g/mol. The summed E-state index contributed by atoms with van der Waals surface area (Å²) in [6.45, 7) is 23.5. The summed E-state index contributed by atoms with van der Waals surface area (Å²) in [4.78, 5) is 0. The van der Waals surface area contributed by atoms with Gasteiger partial charge in [-0.2, -0.15) is 0 Å². The Kier molecular flexibility index (Phi) is 11.1. The molecular formula is C44H50Cl2Zr. The van der Waals surface area contributed by atoms with E-state index in [1.807, 2.05) is 0 Å². The maximum Gasteiger partial charge on any atom is -1.00 e. The van der Waals surface area contributed by atoms with Gasteiger partial charge >= 0.3 is 282 Å². The maximum absolute atomic E-state index is 2.82. The summed E-state index contributed by atoms with van der Waals surface area (Å²) in [5.41, 5.74) is 13.3. The van der Waals surface area contributed by atoms with E-state index in [9.17, 15) is 0 Å². The number of fused-ring (bicyclic) bond motifs is 3. The molecule has 2 aliphatic rings. The number of hydrogen-bond acceptors (Lipinski definition) is 0. The van der Waals surface area contributed by atoms with E-state index in [-0.39, 0.29) is 41.1 Å². The molecule has 3 heteroatoms. The van der Waals surface area contributed by atoms with E-state index < -0.39 is 21.3 Å². The number of halogens is 2. The van der Waals surface area contributed by atoms with Crippen LogP contribution in [-0.2, 0) is 32.1 Å². The van der Waals surface area contributed by atoms with Crippen molar-refractivity contribution in [2.24, 2.45) is 11.3 Å². The first-order valence-electron chi connectivity index (χ1n) is 16.7. The van der Waals surface area contributed by atoms with Crippen molar-refractivity contribution in [3.05, 3.63) is 151 Å². The van der Waals surface area contributed by atoms with Crippen LogP contribution in [0.3, 0.4) is 0 Å². The Morgan fingerprint density at radius 3 is 1.30 bits per heavy atom. The predicted octanol–water partition coefficient (Wildman–Crippen LogP) is 5.75. The van der Waals surface area contributed by atoms with Crippen molar-refractivity contribution >= 4 is 3.21 Å². The summed E-state index contributed by atoms with van der Waals surface area (Å²) >= 11 is -2.82. The number of allylic oxidation sites excluding steroid dienone is 4. The molecule has 0 aliphatic heterocycles. The van der Waals surface area contributed by atoms with Gasteiger partial charge in [0.05, 0.1) is 0 Å². The Bertz CT molecular complexity index is 1730. The first-order valence-corrected chi connectivity index (χ1v) is 20.6. The fraction of sp³-hybridized carbons (Fsp3) is 0.341. The van der Waals surface area contributed by atoms with Crippen LogP contribution < -0.4 is 24.8 Å². The van der Waals surface area contributed by atoms with Crippen molar-refractivity contribution in [1.29, 1.82) is 0 Å². The van der Waals surface area contributed by atoms with E-state index in [4.69, 9.17) is 0 Å². The second kappa shape index (κ2) is 13.9. The molecule has 6 rings (SSSR count). The van der Waals surface area contributed by atoms with Crippen LogP contribution in [0, 0.1) is 11.3 Å². The zero-order valence-electron chi connectivity index (χ0n) is 29.8. The minimum atomic E-state index is -2.82. The summed E-state index contributed by atoms with van der Waals surface area (Å²) in [7, 11) is 0. The second-order valence-electron chi connectivity index (χ2n) is 16.3. The van der Waals surface area contributed by atoms with Crippen LogP contribution in [0.1, 0.15) is 106 Å². The molecule has 244 valence electrons. The predicted molar refractivity (Wildman–Crippen MR) is 192 cm³/mol. The topological polar surface area (TPSA) is 0 Å². The van der Waals surface area contributed by atoms with Gasteiger partial charge in [0.15, 0.2) is 0 Å². The van der Waals surface area contributed by atoms with E-state index >= 15 is 0 Å². The van der Waals surface area contributed by atoms with Gasteiger partial charge in [0.25, 0.3) is 0 Å². The standard InChI is InChI=1S/C21H26.C13H9.C10H15.2ClH.Zr/c1-20(2,3)18-11-7-16(8-12-18)15-17-9-13-19(14-10-17)21(4,5)6;1-3-7-12-10(5-1)9-11-6-2-4-8-13(11)12;1-8-5-6-9(7-8)10(2,3)4;;;/h7-14H,1-6H3;1-9H;6-8H,1-4H3;2*1H;/q;;;;;+2/p-2. The largest absolute Gasteiger partial charge is 1.00 e. The summed E-state index contributed by atoms with van der Waals surface area (Å²) in [5, 5.41) is 0. The molecule has 1 unspecified atom stereocenters. The molecule has 0 nitrogen and oxygen atoms in total. The fourth-order valence-electron chi connectivity index (χ4n) is 7.17. The van der Waals surface area contributed by atoms with Crippen LogP contribution in [0.4, 0.5) is 0 Å². The second-order valence-corrected chi connectivity index (χ2v) is 22.4. The zero-order valence-corrected chi connectivity index (χ0v) is 33.8. The van der Waals surface area contributed by atoms with Gasteiger partial charge in [-0.05, 0) is 0 Å². The summed E-state index contributed by atoms with van der Waals surface area (Å²) in [6, 6.07) is 37.9. The molecule has 1 atom stereocenters. The third kappa shape index (κ3) is 7.34. The molecule has 0 amide bonds.